The van der Waals surface area contributed by atoms with E-state index in [0.29, 0.717) is 13.0 Å². The number of rotatable bonds is 4. The highest BCUT2D eigenvalue weighted by Gasteiger charge is 2.42. The molecule has 118 valence electrons. The summed E-state index contributed by atoms with van der Waals surface area (Å²) in [7, 11) is 0. The van der Waals surface area contributed by atoms with E-state index < -0.39 is 23.5 Å². The standard InChI is InChI=1S/C14H15F6N/c1-2-21-7-9-5-12(9)8-3-10(13(15,16)17)6-11(4-8)14(18,19)20/h3-4,6,9,12,21H,2,5,7H2,1H3. The maximum absolute atomic E-state index is 12.7. The third-order valence-corrected chi connectivity index (χ3v) is 3.62. The van der Waals surface area contributed by atoms with Crippen molar-refractivity contribution in [2.24, 2.45) is 5.92 Å². The van der Waals surface area contributed by atoms with Crippen molar-refractivity contribution in [3.05, 3.63) is 34.9 Å². The lowest BCUT2D eigenvalue weighted by Crippen LogP contribution is -2.16. The predicted octanol–water partition coefficient (Wildman–Crippen LogP) is 4.44. The average molecular weight is 311 g/mol. The van der Waals surface area contributed by atoms with E-state index in [0.717, 1.165) is 18.7 Å². The first-order valence-electron chi connectivity index (χ1n) is 6.63. The Bertz CT molecular complexity index is 473. The van der Waals surface area contributed by atoms with Crippen LogP contribution in [0.4, 0.5) is 26.3 Å². The van der Waals surface area contributed by atoms with Crippen molar-refractivity contribution >= 4 is 0 Å². The van der Waals surface area contributed by atoms with Gasteiger partial charge in [-0.05, 0) is 55.1 Å². The molecule has 21 heavy (non-hydrogen) atoms. The number of hydrogen-bond acceptors (Lipinski definition) is 1. The van der Waals surface area contributed by atoms with Crippen LogP contribution in [0.3, 0.4) is 0 Å². The van der Waals surface area contributed by atoms with Crippen molar-refractivity contribution in [3.63, 3.8) is 0 Å². The second-order valence-corrected chi connectivity index (χ2v) is 5.25. The minimum absolute atomic E-state index is 0.106. The maximum Gasteiger partial charge on any atom is 0.416 e. The molecule has 1 fully saturated rings. The van der Waals surface area contributed by atoms with E-state index >= 15 is 0 Å². The topological polar surface area (TPSA) is 12.0 Å². The lowest BCUT2D eigenvalue weighted by atomic mass is 10.0. The number of halogens is 6. The number of alkyl halides is 6. The molecule has 2 rings (SSSR count). The molecule has 1 saturated carbocycles. The molecule has 0 spiro atoms. The molecule has 1 aliphatic carbocycles. The molecule has 1 aromatic carbocycles. The molecule has 0 radical (unpaired) electrons. The lowest BCUT2D eigenvalue weighted by molar-refractivity contribution is -0.143. The molecule has 0 heterocycles. The largest absolute Gasteiger partial charge is 0.416 e. The molecular formula is C14H15F6N. The summed E-state index contributed by atoms with van der Waals surface area (Å²) < 4.78 is 76.4. The highest BCUT2D eigenvalue weighted by atomic mass is 19.4. The Morgan fingerprint density at radius 2 is 1.52 bits per heavy atom. The van der Waals surface area contributed by atoms with Crippen molar-refractivity contribution < 1.29 is 26.3 Å². The molecule has 0 aliphatic heterocycles. The lowest BCUT2D eigenvalue weighted by Gasteiger charge is -2.14. The number of hydrogen-bond donors (Lipinski definition) is 1. The summed E-state index contributed by atoms with van der Waals surface area (Å²) in [5, 5.41) is 3.06. The maximum atomic E-state index is 12.7. The van der Waals surface area contributed by atoms with Crippen molar-refractivity contribution in [2.75, 3.05) is 13.1 Å². The fourth-order valence-corrected chi connectivity index (χ4v) is 2.40. The van der Waals surface area contributed by atoms with E-state index in [2.05, 4.69) is 5.32 Å². The van der Waals surface area contributed by atoms with Gasteiger partial charge in [-0.1, -0.05) is 6.92 Å². The quantitative estimate of drug-likeness (QED) is 0.811. The molecule has 0 bridgehead atoms. The van der Waals surface area contributed by atoms with Gasteiger partial charge in [0.25, 0.3) is 0 Å². The number of nitrogens with one attached hydrogen (secondary N) is 1. The van der Waals surface area contributed by atoms with E-state index in [4.69, 9.17) is 0 Å². The Morgan fingerprint density at radius 3 is 1.95 bits per heavy atom. The van der Waals surface area contributed by atoms with Crippen LogP contribution in [0.25, 0.3) is 0 Å². The monoisotopic (exact) mass is 311 g/mol. The van der Waals surface area contributed by atoms with E-state index in [1.165, 1.54) is 0 Å². The molecule has 1 N–H and O–H groups in total. The summed E-state index contributed by atoms with van der Waals surface area (Å²) in [6.45, 7) is 3.22. The van der Waals surface area contributed by atoms with E-state index in [1.54, 1.807) is 0 Å². The minimum Gasteiger partial charge on any atom is -0.317 e. The summed E-state index contributed by atoms with van der Waals surface area (Å²) in [6.07, 6.45) is -8.93. The molecule has 0 saturated heterocycles. The van der Waals surface area contributed by atoms with Crippen LogP contribution in [0, 0.1) is 5.92 Å². The molecule has 2 atom stereocenters. The Balaban J connectivity index is 2.30. The first-order chi connectivity index (χ1) is 9.63. The van der Waals surface area contributed by atoms with Crippen LogP contribution >= 0.6 is 0 Å². The van der Waals surface area contributed by atoms with Crippen molar-refractivity contribution in [1.82, 2.24) is 5.32 Å². The van der Waals surface area contributed by atoms with Gasteiger partial charge in [-0.3, -0.25) is 0 Å². The SMILES string of the molecule is CCNCC1CC1c1cc(C(F)(F)F)cc(C(F)(F)F)c1. The third-order valence-electron chi connectivity index (χ3n) is 3.62. The number of benzene rings is 1. The van der Waals surface area contributed by atoms with Gasteiger partial charge in [0.1, 0.15) is 0 Å². The Morgan fingerprint density at radius 1 is 1.00 bits per heavy atom. The van der Waals surface area contributed by atoms with Crippen LogP contribution in [0.15, 0.2) is 18.2 Å². The summed E-state index contributed by atoms with van der Waals surface area (Å²) in [5.74, 6) is -0.123. The normalized spacial score (nSPS) is 22.4. The van der Waals surface area contributed by atoms with Gasteiger partial charge in [0.15, 0.2) is 0 Å². The fourth-order valence-electron chi connectivity index (χ4n) is 2.40. The molecular weight excluding hydrogens is 296 g/mol. The second kappa shape index (κ2) is 5.51. The summed E-state index contributed by atoms with van der Waals surface area (Å²) in [6, 6.07) is 1.85. The zero-order valence-electron chi connectivity index (χ0n) is 11.3. The predicted molar refractivity (Wildman–Crippen MR) is 65.8 cm³/mol. The van der Waals surface area contributed by atoms with Gasteiger partial charge in [0, 0.05) is 0 Å². The molecule has 0 aromatic heterocycles. The fraction of sp³-hybridized carbons (Fsp3) is 0.571. The van der Waals surface area contributed by atoms with Crippen LogP contribution in [-0.2, 0) is 12.4 Å². The van der Waals surface area contributed by atoms with Crippen molar-refractivity contribution in [3.8, 4) is 0 Å². The van der Waals surface area contributed by atoms with Crippen molar-refractivity contribution in [2.45, 2.75) is 31.6 Å². The van der Waals surface area contributed by atoms with Gasteiger partial charge in [0.05, 0.1) is 11.1 Å². The van der Waals surface area contributed by atoms with Crippen LogP contribution in [0.1, 0.15) is 36.0 Å². The first kappa shape index (κ1) is 16.1. The van der Waals surface area contributed by atoms with Crippen LogP contribution < -0.4 is 5.32 Å². The van der Waals surface area contributed by atoms with Crippen LogP contribution in [0.5, 0.6) is 0 Å². The smallest absolute Gasteiger partial charge is 0.317 e. The van der Waals surface area contributed by atoms with Gasteiger partial charge < -0.3 is 5.32 Å². The van der Waals surface area contributed by atoms with E-state index in [1.807, 2.05) is 6.92 Å². The molecule has 0 amide bonds. The molecule has 1 aliphatic rings. The highest BCUT2D eigenvalue weighted by molar-refractivity contribution is 5.38. The van der Waals surface area contributed by atoms with Crippen molar-refractivity contribution in [1.29, 1.82) is 0 Å². The average Bonchev–Trinajstić information content (AvgIpc) is 3.13. The van der Waals surface area contributed by atoms with Crippen LogP contribution in [-0.4, -0.2) is 13.1 Å². The first-order valence-corrected chi connectivity index (χ1v) is 6.63. The Hall–Kier alpha value is -1.24. The molecule has 7 heteroatoms. The molecule has 1 nitrogen and oxygen atoms in total. The molecule has 2 unspecified atom stereocenters. The Kier molecular flexibility index (Phi) is 4.24. The van der Waals surface area contributed by atoms with E-state index in [9.17, 15) is 26.3 Å². The second-order valence-electron chi connectivity index (χ2n) is 5.25. The van der Waals surface area contributed by atoms with Gasteiger partial charge >= 0.3 is 12.4 Å². The minimum atomic E-state index is -4.78. The summed E-state index contributed by atoms with van der Waals surface area (Å²) in [4.78, 5) is 0. The van der Waals surface area contributed by atoms with Crippen LogP contribution in [0.2, 0.25) is 0 Å². The van der Waals surface area contributed by atoms with E-state index in [-0.39, 0.29) is 23.5 Å². The summed E-state index contributed by atoms with van der Waals surface area (Å²) in [5.41, 5.74) is -2.34. The zero-order valence-corrected chi connectivity index (χ0v) is 11.3. The van der Waals surface area contributed by atoms with Gasteiger partial charge in [0.2, 0.25) is 0 Å². The van der Waals surface area contributed by atoms with Gasteiger partial charge in [-0.25, -0.2) is 0 Å². The van der Waals surface area contributed by atoms with Gasteiger partial charge in [-0.15, -0.1) is 0 Å². The Labute approximate surface area is 118 Å². The third kappa shape index (κ3) is 3.90. The molecule has 1 aromatic rings. The zero-order chi connectivity index (χ0) is 15.8. The van der Waals surface area contributed by atoms with Gasteiger partial charge in [-0.2, -0.15) is 26.3 Å². The summed E-state index contributed by atoms with van der Waals surface area (Å²) >= 11 is 0. The highest BCUT2D eigenvalue weighted by Crippen LogP contribution is 2.49.